The molecule has 1 atom stereocenters. The van der Waals surface area contributed by atoms with E-state index in [1.807, 2.05) is 0 Å². The molecule has 2 aliphatic rings. The van der Waals surface area contributed by atoms with E-state index in [0.717, 1.165) is 32.2 Å². The SMILES string of the molecule is CN1CCCCC1C1(CN)CCC(O)CC1. The summed E-state index contributed by atoms with van der Waals surface area (Å²) < 4.78 is 0. The molecule has 3 nitrogen and oxygen atoms in total. The molecule has 0 spiro atoms. The zero-order chi connectivity index (χ0) is 11.6. The molecule has 1 unspecified atom stereocenters. The van der Waals surface area contributed by atoms with E-state index in [1.54, 1.807) is 0 Å². The van der Waals surface area contributed by atoms with Crippen LogP contribution in [-0.4, -0.2) is 42.3 Å². The molecular formula is C13H26N2O. The van der Waals surface area contributed by atoms with Crippen molar-refractivity contribution in [3.8, 4) is 0 Å². The van der Waals surface area contributed by atoms with Crippen LogP contribution in [0.2, 0.25) is 0 Å². The van der Waals surface area contributed by atoms with Gasteiger partial charge < -0.3 is 15.7 Å². The Kier molecular flexibility index (Phi) is 3.88. The van der Waals surface area contributed by atoms with Crippen LogP contribution in [0.25, 0.3) is 0 Å². The topological polar surface area (TPSA) is 49.5 Å². The van der Waals surface area contributed by atoms with E-state index in [0.29, 0.717) is 6.04 Å². The number of rotatable bonds is 2. The van der Waals surface area contributed by atoms with Crippen molar-refractivity contribution in [3.63, 3.8) is 0 Å². The Morgan fingerprint density at radius 1 is 1.25 bits per heavy atom. The summed E-state index contributed by atoms with van der Waals surface area (Å²) in [5, 5.41) is 9.65. The summed E-state index contributed by atoms with van der Waals surface area (Å²) >= 11 is 0. The van der Waals surface area contributed by atoms with Crippen LogP contribution in [0.5, 0.6) is 0 Å². The van der Waals surface area contributed by atoms with Crippen LogP contribution < -0.4 is 5.73 Å². The summed E-state index contributed by atoms with van der Waals surface area (Å²) in [7, 11) is 2.24. The Hall–Kier alpha value is -0.120. The highest BCUT2D eigenvalue weighted by Crippen LogP contribution is 2.43. The molecule has 0 radical (unpaired) electrons. The summed E-state index contributed by atoms with van der Waals surface area (Å²) in [4.78, 5) is 2.51. The van der Waals surface area contributed by atoms with Gasteiger partial charge in [0.25, 0.3) is 0 Å². The van der Waals surface area contributed by atoms with Crippen LogP contribution in [0.4, 0.5) is 0 Å². The van der Waals surface area contributed by atoms with Crippen LogP contribution in [-0.2, 0) is 0 Å². The fourth-order valence-electron chi connectivity index (χ4n) is 3.70. The Morgan fingerprint density at radius 3 is 2.50 bits per heavy atom. The predicted octanol–water partition coefficient (Wildman–Crippen LogP) is 1.35. The molecule has 0 amide bonds. The molecule has 2 rings (SSSR count). The first-order valence-corrected chi connectivity index (χ1v) is 6.76. The number of piperidine rings is 1. The quantitative estimate of drug-likeness (QED) is 0.747. The first kappa shape index (κ1) is 12.3. The highest BCUT2D eigenvalue weighted by molar-refractivity contribution is 4.97. The minimum atomic E-state index is -0.0754. The molecule has 3 N–H and O–H groups in total. The first-order chi connectivity index (χ1) is 7.68. The molecule has 2 fully saturated rings. The monoisotopic (exact) mass is 226 g/mol. The van der Waals surface area contributed by atoms with Gasteiger partial charge in [-0.1, -0.05) is 6.42 Å². The van der Waals surface area contributed by atoms with Gasteiger partial charge in [-0.05, 0) is 64.1 Å². The van der Waals surface area contributed by atoms with Gasteiger partial charge in [-0.2, -0.15) is 0 Å². The number of hydrogen-bond donors (Lipinski definition) is 2. The summed E-state index contributed by atoms with van der Waals surface area (Å²) in [6.07, 6.45) is 8.01. The van der Waals surface area contributed by atoms with Gasteiger partial charge in [0, 0.05) is 6.04 Å². The zero-order valence-corrected chi connectivity index (χ0v) is 10.5. The predicted molar refractivity (Wildman–Crippen MR) is 66.2 cm³/mol. The van der Waals surface area contributed by atoms with E-state index in [2.05, 4.69) is 11.9 Å². The average molecular weight is 226 g/mol. The van der Waals surface area contributed by atoms with Crippen molar-refractivity contribution in [2.75, 3.05) is 20.1 Å². The van der Waals surface area contributed by atoms with Crippen molar-refractivity contribution < 1.29 is 5.11 Å². The van der Waals surface area contributed by atoms with E-state index in [9.17, 15) is 5.11 Å². The molecular weight excluding hydrogens is 200 g/mol. The lowest BCUT2D eigenvalue weighted by Crippen LogP contribution is -2.54. The molecule has 1 aliphatic carbocycles. The van der Waals surface area contributed by atoms with Gasteiger partial charge in [0.2, 0.25) is 0 Å². The average Bonchev–Trinajstić information content (AvgIpc) is 2.32. The first-order valence-electron chi connectivity index (χ1n) is 6.76. The van der Waals surface area contributed by atoms with Gasteiger partial charge in [-0.15, -0.1) is 0 Å². The van der Waals surface area contributed by atoms with E-state index >= 15 is 0 Å². The fourth-order valence-corrected chi connectivity index (χ4v) is 3.70. The summed E-state index contributed by atoms with van der Waals surface area (Å²) in [6.45, 7) is 2.00. The number of aliphatic hydroxyl groups is 1. The van der Waals surface area contributed by atoms with Crippen LogP contribution in [0, 0.1) is 5.41 Å². The van der Waals surface area contributed by atoms with E-state index in [-0.39, 0.29) is 11.5 Å². The van der Waals surface area contributed by atoms with Crippen molar-refractivity contribution in [1.29, 1.82) is 0 Å². The molecule has 1 heterocycles. The number of nitrogens with two attached hydrogens (primary N) is 1. The molecule has 94 valence electrons. The second kappa shape index (κ2) is 5.03. The molecule has 16 heavy (non-hydrogen) atoms. The van der Waals surface area contributed by atoms with Crippen molar-refractivity contribution in [3.05, 3.63) is 0 Å². The Bertz CT molecular complexity index is 224. The Balaban J connectivity index is 2.07. The highest BCUT2D eigenvalue weighted by atomic mass is 16.3. The summed E-state index contributed by atoms with van der Waals surface area (Å²) in [5.41, 5.74) is 6.35. The third-order valence-electron chi connectivity index (χ3n) is 4.83. The number of nitrogens with zero attached hydrogens (tertiary/aromatic N) is 1. The molecule has 1 saturated carbocycles. The van der Waals surface area contributed by atoms with Gasteiger partial charge in [-0.25, -0.2) is 0 Å². The van der Waals surface area contributed by atoms with Gasteiger partial charge in [0.05, 0.1) is 6.10 Å². The van der Waals surface area contributed by atoms with Crippen LogP contribution in [0.3, 0.4) is 0 Å². The third-order valence-corrected chi connectivity index (χ3v) is 4.83. The highest BCUT2D eigenvalue weighted by Gasteiger charge is 2.42. The van der Waals surface area contributed by atoms with Gasteiger partial charge in [0.1, 0.15) is 0 Å². The minimum absolute atomic E-state index is 0.0754. The molecule has 0 aromatic rings. The van der Waals surface area contributed by atoms with Gasteiger partial charge >= 0.3 is 0 Å². The lowest BCUT2D eigenvalue weighted by Gasteiger charge is -2.49. The largest absolute Gasteiger partial charge is 0.393 e. The van der Waals surface area contributed by atoms with Gasteiger partial charge in [-0.3, -0.25) is 0 Å². The lowest BCUT2D eigenvalue weighted by molar-refractivity contribution is -0.00774. The third kappa shape index (κ3) is 2.27. The van der Waals surface area contributed by atoms with Crippen LogP contribution >= 0.6 is 0 Å². The Labute approximate surface area is 99.0 Å². The van der Waals surface area contributed by atoms with Crippen molar-refractivity contribution in [1.82, 2.24) is 4.90 Å². The second-order valence-corrected chi connectivity index (χ2v) is 5.79. The van der Waals surface area contributed by atoms with Crippen molar-refractivity contribution in [2.24, 2.45) is 11.1 Å². The summed E-state index contributed by atoms with van der Waals surface area (Å²) in [6, 6.07) is 0.652. The summed E-state index contributed by atoms with van der Waals surface area (Å²) in [5.74, 6) is 0. The second-order valence-electron chi connectivity index (χ2n) is 5.79. The minimum Gasteiger partial charge on any atom is -0.393 e. The van der Waals surface area contributed by atoms with Gasteiger partial charge in [0.15, 0.2) is 0 Å². The van der Waals surface area contributed by atoms with Crippen molar-refractivity contribution >= 4 is 0 Å². The van der Waals surface area contributed by atoms with E-state index in [4.69, 9.17) is 5.73 Å². The molecule has 0 bridgehead atoms. The maximum Gasteiger partial charge on any atom is 0.0540 e. The molecule has 1 aliphatic heterocycles. The molecule has 0 aromatic heterocycles. The fraction of sp³-hybridized carbons (Fsp3) is 1.00. The molecule has 3 heteroatoms. The number of likely N-dealkylation sites (tertiary alicyclic amines) is 1. The molecule has 0 aromatic carbocycles. The number of aliphatic hydroxyl groups excluding tert-OH is 1. The zero-order valence-electron chi connectivity index (χ0n) is 10.5. The number of hydrogen-bond acceptors (Lipinski definition) is 3. The lowest BCUT2D eigenvalue weighted by atomic mass is 9.66. The molecule has 1 saturated heterocycles. The van der Waals surface area contributed by atoms with E-state index < -0.39 is 0 Å². The smallest absolute Gasteiger partial charge is 0.0540 e. The van der Waals surface area contributed by atoms with E-state index in [1.165, 1.54) is 25.8 Å². The maximum absolute atomic E-state index is 9.65. The Morgan fingerprint density at radius 2 is 1.94 bits per heavy atom. The van der Waals surface area contributed by atoms with Crippen LogP contribution in [0.15, 0.2) is 0 Å². The maximum atomic E-state index is 9.65. The standard InChI is InChI=1S/C13H26N2O/c1-15-9-3-2-4-12(15)13(10-14)7-5-11(16)6-8-13/h11-12,16H,2-10,14H2,1H3. The normalized spacial score (nSPS) is 42.2. The van der Waals surface area contributed by atoms with Crippen LogP contribution in [0.1, 0.15) is 44.9 Å². The van der Waals surface area contributed by atoms with Crippen molar-refractivity contribution in [2.45, 2.75) is 57.1 Å².